The van der Waals surface area contributed by atoms with Crippen LogP contribution in [0, 0.1) is 0 Å². The second kappa shape index (κ2) is 24.2. The van der Waals surface area contributed by atoms with Crippen molar-refractivity contribution in [3.05, 3.63) is 177 Å². The number of rotatable bonds is 22. The van der Waals surface area contributed by atoms with E-state index in [4.69, 9.17) is 42.1 Å². The van der Waals surface area contributed by atoms with Gasteiger partial charge in [0.1, 0.15) is 24.7 Å². The van der Waals surface area contributed by atoms with Crippen LogP contribution in [0.2, 0.25) is 10.0 Å². The SMILES string of the molecule is O=C(OC[C@H](Cc1ccc(Oc2cccc(CO)n2)cc1)NC[C@@H](O)c1cccc(Cl)c1)C(=O)OC[C@H](Cc1ccc(Oc2cccc(CO)n2)cc1)NC[C@@H](O)c1cccc(Cl)c1. The Morgan fingerprint density at radius 2 is 0.938 bits per heavy atom. The van der Waals surface area contributed by atoms with Crippen molar-refractivity contribution in [2.75, 3.05) is 26.3 Å². The van der Waals surface area contributed by atoms with Gasteiger partial charge >= 0.3 is 11.9 Å². The van der Waals surface area contributed by atoms with Gasteiger partial charge in [-0.15, -0.1) is 0 Å². The molecule has 0 radical (unpaired) electrons. The average molecular weight is 912 g/mol. The Morgan fingerprint density at radius 1 is 0.547 bits per heavy atom. The van der Waals surface area contributed by atoms with Crippen molar-refractivity contribution in [3.63, 3.8) is 0 Å². The Kier molecular flexibility index (Phi) is 18.0. The second-order valence-corrected chi connectivity index (χ2v) is 15.6. The number of hydrogen-bond donors (Lipinski definition) is 6. The lowest BCUT2D eigenvalue weighted by atomic mass is 10.0. The Balaban J connectivity index is 1.08. The first-order valence-electron chi connectivity index (χ1n) is 20.4. The summed E-state index contributed by atoms with van der Waals surface area (Å²) in [5.74, 6) is -0.742. The molecule has 0 unspecified atom stereocenters. The maximum Gasteiger partial charge on any atom is 0.417 e. The summed E-state index contributed by atoms with van der Waals surface area (Å²) < 4.78 is 22.6. The molecule has 64 heavy (non-hydrogen) atoms. The van der Waals surface area contributed by atoms with Crippen LogP contribution in [-0.2, 0) is 45.1 Å². The van der Waals surface area contributed by atoms with Crippen molar-refractivity contribution in [1.29, 1.82) is 0 Å². The van der Waals surface area contributed by atoms with Gasteiger partial charge in [-0.3, -0.25) is 0 Å². The predicted molar refractivity (Wildman–Crippen MR) is 239 cm³/mol. The van der Waals surface area contributed by atoms with Gasteiger partial charge in [0.25, 0.3) is 0 Å². The summed E-state index contributed by atoms with van der Waals surface area (Å²) in [4.78, 5) is 34.7. The molecule has 4 atom stereocenters. The van der Waals surface area contributed by atoms with Gasteiger partial charge in [0.05, 0.1) is 36.8 Å². The molecule has 2 aromatic heterocycles. The van der Waals surface area contributed by atoms with Gasteiger partial charge in [0, 0.05) is 47.4 Å². The van der Waals surface area contributed by atoms with Crippen LogP contribution < -0.4 is 20.1 Å². The molecule has 14 nitrogen and oxygen atoms in total. The number of esters is 2. The molecule has 0 aliphatic heterocycles. The maximum atomic E-state index is 13.1. The monoisotopic (exact) mass is 910 g/mol. The third kappa shape index (κ3) is 15.1. The number of carbonyl (C=O) groups excluding carboxylic acids is 2. The number of aliphatic hydroxyl groups is 4. The van der Waals surface area contributed by atoms with Crippen LogP contribution in [0.4, 0.5) is 0 Å². The third-order valence-electron chi connectivity index (χ3n) is 9.81. The fourth-order valence-electron chi connectivity index (χ4n) is 6.47. The van der Waals surface area contributed by atoms with Crippen LogP contribution in [0.25, 0.3) is 0 Å². The average Bonchev–Trinajstić information content (AvgIpc) is 3.31. The van der Waals surface area contributed by atoms with Crippen LogP contribution in [0.1, 0.15) is 45.8 Å². The molecule has 0 amide bonds. The zero-order valence-electron chi connectivity index (χ0n) is 34.6. The number of hydrogen-bond acceptors (Lipinski definition) is 14. The largest absolute Gasteiger partial charge is 0.456 e. The molecule has 4 aromatic carbocycles. The number of ether oxygens (including phenoxy) is 4. The van der Waals surface area contributed by atoms with Crippen molar-refractivity contribution < 1.29 is 49.0 Å². The summed E-state index contributed by atoms with van der Waals surface area (Å²) in [5.41, 5.74) is 3.79. The minimum absolute atomic E-state index is 0.0797. The van der Waals surface area contributed by atoms with Crippen molar-refractivity contribution in [3.8, 4) is 23.3 Å². The van der Waals surface area contributed by atoms with Gasteiger partial charge in [-0.2, -0.15) is 0 Å². The summed E-state index contributed by atoms with van der Waals surface area (Å²) in [6.07, 6.45) is -1.21. The number of nitrogens with zero attached hydrogens (tertiary/aromatic N) is 2. The number of nitrogens with one attached hydrogen (secondary N) is 2. The molecule has 16 heteroatoms. The Hall–Kier alpha value is -5.94. The summed E-state index contributed by atoms with van der Waals surface area (Å²) in [7, 11) is 0. The highest BCUT2D eigenvalue weighted by atomic mass is 35.5. The van der Waals surface area contributed by atoms with E-state index in [-0.39, 0.29) is 39.5 Å². The van der Waals surface area contributed by atoms with Gasteiger partial charge in [-0.25, -0.2) is 19.6 Å². The van der Waals surface area contributed by atoms with Crippen molar-refractivity contribution in [1.82, 2.24) is 20.6 Å². The number of carbonyl (C=O) groups is 2. The fraction of sp³-hybridized carbons (Fsp3) is 0.250. The molecule has 6 N–H and O–H groups in total. The highest BCUT2D eigenvalue weighted by Gasteiger charge is 2.24. The number of halogens is 2. The maximum absolute atomic E-state index is 13.1. The number of benzene rings is 4. The zero-order chi connectivity index (χ0) is 45.3. The van der Waals surface area contributed by atoms with E-state index in [0.29, 0.717) is 68.7 Å². The smallest absolute Gasteiger partial charge is 0.417 e. The first-order valence-corrected chi connectivity index (χ1v) is 21.1. The summed E-state index contributed by atoms with van der Waals surface area (Å²) in [6, 6.07) is 37.1. The first kappa shape index (κ1) is 47.5. The molecule has 6 aromatic rings. The van der Waals surface area contributed by atoms with E-state index in [2.05, 4.69) is 20.6 Å². The van der Waals surface area contributed by atoms with E-state index in [1.165, 1.54) is 0 Å². The Morgan fingerprint density at radius 3 is 1.31 bits per heavy atom. The minimum Gasteiger partial charge on any atom is -0.456 e. The van der Waals surface area contributed by atoms with E-state index in [1.807, 2.05) is 24.3 Å². The van der Waals surface area contributed by atoms with E-state index in [0.717, 1.165) is 11.1 Å². The zero-order valence-corrected chi connectivity index (χ0v) is 36.1. The second-order valence-electron chi connectivity index (χ2n) is 14.7. The van der Waals surface area contributed by atoms with Crippen LogP contribution in [0.5, 0.6) is 23.3 Å². The molecule has 6 rings (SSSR count). The highest BCUT2D eigenvalue weighted by Crippen LogP contribution is 2.24. The van der Waals surface area contributed by atoms with Crippen molar-refractivity contribution >= 4 is 35.1 Å². The van der Waals surface area contributed by atoms with E-state index < -0.39 is 36.2 Å². The summed E-state index contributed by atoms with van der Waals surface area (Å²) in [6.45, 7) is -0.764. The highest BCUT2D eigenvalue weighted by molar-refractivity contribution is 6.31. The van der Waals surface area contributed by atoms with E-state index in [9.17, 15) is 30.0 Å². The summed E-state index contributed by atoms with van der Waals surface area (Å²) in [5, 5.41) is 48.1. The molecule has 0 fully saturated rings. The van der Waals surface area contributed by atoms with E-state index in [1.54, 1.807) is 109 Å². The van der Waals surface area contributed by atoms with Crippen LogP contribution >= 0.6 is 23.2 Å². The minimum atomic E-state index is -1.21. The number of aromatic nitrogens is 2. The lowest BCUT2D eigenvalue weighted by Crippen LogP contribution is -2.41. The van der Waals surface area contributed by atoms with Gasteiger partial charge < -0.3 is 50.0 Å². The fourth-order valence-corrected chi connectivity index (χ4v) is 6.87. The standard InChI is InChI=1S/C48H48Cl2N4O10/c49-35-7-1-5-33(23-35)43(57)25-51-39(21-31-13-17-41(18-14-31)63-45-11-3-9-37(27-55)53-45)29-61-47(59)48(60)62-30-40(52-26-44(58)34-6-2-8-36(50)24-34)22-32-15-19-42(20-16-32)64-46-12-4-10-38(28-56)54-46/h1-20,23-24,39-40,43-44,51-52,55-58H,21-22,25-30H2/t39-,40-,43+,44+/m0/s1. The lowest BCUT2D eigenvalue weighted by Gasteiger charge is -2.22. The molecule has 0 aliphatic rings. The quantitative estimate of drug-likeness (QED) is 0.0314. The molecule has 0 aliphatic carbocycles. The lowest BCUT2D eigenvalue weighted by molar-refractivity contribution is -0.168. The first-order chi connectivity index (χ1) is 31.0. The Bertz CT molecular complexity index is 2260. The van der Waals surface area contributed by atoms with E-state index >= 15 is 0 Å². The van der Waals surface area contributed by atoms with Crippen molar-refractivity contribution in [2.45, 2.75) is 50.3 Å². The van der Waals surface area contributed by atoms with Gasteiger partial charge in [-0.1, -0.05) is 83.9 Å². The van der Waals surface area contributed by atoms with Crippen molar-refractivity contribution in [2.24, 2.45) is 0 Å². The molecule has 0 saturated heterocycles. The molecular weight excluding hydrogens is 863 g/mol. The molecule has 0 saturated carbocycles. The number of aliphatic hydroxyl groups excluding tert-OH is 4. The topological polar surface area (TPSA) is 202 Å². The molecule has 2 heterocycles. The summed E-state index contributed by atoms with van der Waals surface area (Å²) >= 11 is 12.3. The van der Waals surface area contributed by atoms with Crippen LogP contribution in [0.3, 0.4) is 0 Å². The predicted octanol–water partition coefficient (Wildman–Crippen LogP) is 6.61. The normalized spacial score (nSPS) is 13.0. The molecule has 334 valence electrons. The van der Waals surface area contributed by atoms with Crippen LogP contribution in [-0.4, -0.2) is 80.7 Å². The van der Waals surface area contributed by atoms with Gasteiger partial charge in [-0.05, 0) is 95.8 Å². The number of pyridine rings is 2. The third-order valence-corrected chi connectivity index (χ3v) is 10.3. The molecular formula is C48H48Cl2N4O10. The molecule has 0 bridgehead atoms. The van der Waals surface area contributed by atoms with Crippen LogP contribution in [0.15, 0.2) is 133 Å². The molecule has 0 spiro atoms. The van der Waals surface area contributed by atoms with Gasteiger partial charge in [0.2, 0.25) is 11.8 Å². The van der Waals surface area contributed by atoms with Gasteiger partial charge in [0.15, 0.2) is 0 Å². The Labute approximate surface area is 380 Å².